The molecule has 1 aliphatic rings. The molecule has 1 heterocycles. The molecule has 1 aliphatic carbocycles. The topological polar surface area (TPSA) is 68.0 Å². The Morgan fingerprint density at radius 2 is 2.20 bits per heavy atom. The maximum absolute atomic E-state index is 12.4. The van der Waals surface area contributed by atoms with Gasteiger partial charge in [-0.1, -0.05) is 12.8 Å². The standard InChI is InChI=1S/C16H25N3O/c1-12(11-13-6-9-18-10-7-13)19-15(20)14-5-3-4-8-16(14,2)17/h6-7,9-10,12,14H,3-5,8,11,17H2,1-2H3,(H,19,20). The van der Waals surface area contributed by atoms with Crippen molar-refractivity contribution in [3.63, 3.8) is 0 Å². The summed E-state index contributed by atoms with van der Waals surface area (Å²) in [7, 11) is 0. The third-order valence-corrected chi connectivity index (χ3v) is 4.25. The van der Waals surface area contributed by atoms with Crippen molar-refractivity contribution in [2.75, 3.05) is 0 Å². The first-order valence-electron chi connectivity index (χ1n) is 7.47. The molecular formula is C16H25N3O. The van der Waals surface area contributed by atoms with Gasteiger partial charge in [0, 0.05) is 24.0 Å². The Morgan fingerprint density at radius 3 is 2.85 bits per heavy atom. The molecule has 3 unspecified atom stereocenters. The van der Waals surface area contributed by atoms with Crippen LogP contribution in [-0.2, 0) is 11.2 Å². The summed E-state index contributed by atoms with van der Waals surface area (Å²) in [6.07, 6.45) is 8.45. The zero-order valence-corrected chi connectivity index (χ0v) is 12.4. The first-order valence-corrected chi connectivity index (χ1v) is 7.47. The Labute approximate surface area is 121 Å². The molecule has 3 atom stereocenters. The lowest BCUT2D eigenvalue weighted by Gasteiger charge is -2.37. The van der Waals surface area contributed by atoms with E-state index in [1.807, 2.05) is 26.0 Å². The Balaban J connectivity index is 1.90. The van der Waals surface area contributed by atoms with E-state index in [2.05, 4.69) is 10.3 Å². The lowest BCUT2D eigenvalue weighted by Crippen LogP contribution is -2.54. The summed E-state index contributed by atoms with van der Waals surface area (Å²) in [6.45, 7) is 4.04. The van der Waals surface area contributed by atoms with Crippen LogP contribution in [0.5, 0.6) is 0 Å². The summed E-state index contributed by atoms with van der Waals surface area (Å²) >= 11 is 0. The second kappa shape index (κ2) is 6.35. The number of carbonyl (C=O) groups is 1. The van der Waals surface area contributed by atoms with E-state index < -0.39 is 0 Å². The molecule has 110 valence electrons. The SMILES string of the molecule is CC(Cc1ccncc1)NC(=O)C1CCCCC1(C)N. The fourth-order valence-electron chi connectivity index (χ4n) is 3.06. The molecule has 1 amide bonds. The van der Waals surface area contributed by atoms with Crippen molar-refractivity contribution in [2.24, 2.45) is 11.7 Å². The molecule has 1 aromatic rings. The quantitative estimate of drug-likeness (QED) is 0.883. The van der Waals surface area contributed by atoms with Gasteiger partial charge < -0.3 is 11.1 Å². The van der Waals surface area contributed by atoms with Crippen LogP contribution in [0.1, 0.15) is 45.1 Å². The van der Waals surface area contributed by atoms with Gasteiger partial charge in [-0.3, -0.25) is 9.78 Å². The van der Waals surface area contributed by atoms with Crippen LogP contribution in [0, 0.1) is 5.92 Å². The molecule has 4 heteroatoms. The number of nitrogens with one attached hydrogen (secondary N) is 1. The molecule has 0 aliphatic heterocycles. The number of rotatable bonds is 4. The molecule has 1 fully saturated rings. The van der Waals surface area contributed by atoms with Crippen LogP contribution in [0.3, 0.4) is 0 Å². The van der Waals surface area contributed by atoms with Crippen LogP contribution in [0.15, 0.2) is 24.5 Å². The van der Waals surface area contributed by atoms with Crippen LogP contribution in [0.2, 0.25) is 0 Å². The summed E-state index contributed by atoms with van der Waals surface area (Å²) in [6, 6.07) is 4.08. The van der Waals surface area contributed by atoms with E-state index >= 15 is 0 Å². The van der Waals surface area contributed by atoms with Crippen molar-refractivity contribution in [2.45, 2.75) is 57.5 Å². The van der Waals surface area contributed by atoms with E-state index in [1.54, 1.807) is 12.4 Å². The van der Waals surface area contributed by atoms with Gasteiger partial charge in [0.15, 0.2) is 0 Å². The summed E-state index contributed by atoms with van der Waals surface area (Å²) in [5.74, 6) is 0.0485. The summed E-state index contributed by atoms with van der Waals surface area (Å²) in [5.41, 5.74) is 7.11. The van der Waals surface area contributed by atoms with E-state index in [-0.39, 0.29) is 23.4 Å². The first kappa shape index (κ1) is 15.0. The van der Waals surface area contributed by atoms with Gasteiger partial charge in [-0.05, 0) is 50.8 Å². The van der Waals surface area contributed by atoms with Crippen molar-refractivity contribution in [3.8, 4) is 0 Å². The molecule has 1 saturated carbocycles. The summed E-state index contributed by atoms with van der Waals surface area (Å²) in [5, 5.41) is 3.11. The van der Waals surface area contributed by atoms with Crippen molar-refractivity contribution in [3.05, 3.63) is 30.1 Å². The number of aromatic nitrogens is 1. The van der Waals surface area contributed by atoms with Gasteiger partial charge in [0.05, 0.1) is 5.92 Å². The highest BCUT2D eigenvalue weighted by Gasteiger charge is 2.37. The predicted molar refractivity (Wildman–Crippen MR) is 80.1 cm³/mol. The van der Waals surface area contributed by atoms with Gasteiger partial charge in [-0.25, -0.2) is 0 Å². The molecule has 4 nitrogen and oxygen atoms in total. The molecular weight excluding hydrogens is 250 g/mol. The van der Waals surface area contributed by atoms with E-state index in [0.29, 0.717) is 0 Å². The predicted octanol–water partition coefficient (Wildman–Crippen LogP) is 2.04. The molecule has 1 aromatic heterocycles. The molecule has 0 aromatic carbocycles. The number of hydrogen-bond donors (Lipinski definition) is 2. The average Bonchev–Trinajstić information content (AvgIpc) is 2.38. The van der Waals surface area contributed by atoms with Gasteiger partial charge in [-0.2, -0.15) is 0 Å². The average molecular weight is 275 g/mol. The molecule has 0 bridgehead atoms. The largest absolute Gasteiger partial charge is 0.353 e. The lowest BCUT2D eigenvalue weighted by atomic mass is 9.74. The second-order valence-corrected chi connectivity index (χ2v) is 6.27. The van der Waals surface area contributed by atoms with Crippen LogP contribution >= 0.6 is 0 Å². The van der Waals surface area contributed by atoms with Crippen LogP contribution < -0.4 is 11.1 Å². The third kappa shape index (κ3) is 3.79. The summed E-state index contributed by atoms with van der Waals surface area (Å²) < 4.78 is 0. The minimum Gasteiger partial charge on any atom is -0.353 e. The highest BCUT2D eigenvalue weighted by molar-refractivity contribution is 5.80. The Bertz CT molecular complexity index is 444. The van der Waals surface area contributed by atoms with Gasteiger partial charge in [0.2, 0.25) is 5.91 Å². The van der Waals surface area contributed by atoms with Gasteiger partial charge >= 0.3 is 0 Å². The maximum atomic E-state index is 12.4. The van der Waals surface area contributed by atoms with Crippen LogP contribution in [0.25, 0.3) is 0 Å². The van der Waals surface area contributed by atoms with Crippen molar-refractivity contribution in [1.82, 2.24) is 10.3 Å². The highest BCUT2D eigenvalue weighted by atomic mass is 16.2. The van der Waals surface area contributed by atoms with E-state index in [4.69, 9.17) is 5.73 Å². The van der Waals surface area contributed by atoms with E-state index in [9.17, 15) is 4.79 Å². The maximum Gasteiger partial charge on any atom is 0.225 e. The third-order valence-electron chi connectivity index (χ3n) is 4.25. The zero-order chi connectivity index (χ0) is 14.6. The first-order chi connectivity index (χ1) is 9.49. The zero-order valence-electron chi connectivity index (χ0n) is 12.4. The van der Waals surface area contributed by atoms with Crippen molar-refractivity contribution in [1.29, 1.82) is 0 Å². The van der Waals surface area contributed by atoms with E-state index in [1.165, 1.54) is 5.56 Å². The lowest BCUT2D eigenvalue weighted by molar-refractivity contribution is -0.128. The van der Waals surface area contributed by atoms with Gasteiger partial charge in [0.1, 0.15) is 0 Å². The Kier molecular flexibility index (Phi) is 4.76. The molecule has 0 spiro atoms. The van der Waals surface area contributed by atoms with Crippen LogP contribution in [0.4, 0.5) is 0 Å². The number of hydrogen-bond acceptors (Lipinski definition) is 3. The molecule has 0 radical (unpaired) electrons. The van der Waals surface area contributed by atoms with Gasteiger partial charge in [-0.15, -0.1) is 0 Å². The van der Waals surface area contributed by atoms with E-state index in [0.717, 1.165) is 32.1 Å². The van der Waals surface area contributed by atoms with Crippen LogP contribution in [-0.4, -0.2) is 22.5 Å². The number of nitrogens with zero attached hydrogens (tertiary/aromatic N) is 1. The fraction of sp³-hybridized carbons (Fsp3) is 0.625. The Morgan fingerprint density at radius 1 is 1.50 bits per heavy atom. The molecule has 2 rings (SSSR count). The Hall–Kier alpha value is -1.42. The normalized spacial score (nSPS) is 27.9. The molecule has 3 N–H and O–H groups in total. The second-order valence-electron chi connectivity index (χ2n) is 6.27. The number of pyridine rings is 1. The molecule has 20 heavy (non-hydrogen) atoms. The fourth-order valence-corrected chi connectivity index (χ4v) is 3.06. The number of nitrogens with two attached hydrogens (primary N) is 1. The highest BCUT2D eigenvalue weighted by Crippen LogP contribution is 2.31. The van der Waals surface area contributed by atoms with Gasteiger partial charge in [0.25, 0.3) is 0 Å². The summed E-state index contributed by atoms with van der Waals surface area (Å²) in [4.78, 5) is 16.4. The minimum absolute atomic E-state index is 0.0591. The number of amides is 1. The van der Waals surface area contributed by atoms with Crippen molar-refractivity contribution >= 4 is 5.91 Å². The monoisotopic (exact) mass is 275 g/mol. The smallest absolute Gasteiger partial charge is 0.225 e. The van der Waals surface area contributed by atoms with Crippen molar-refractivity contribution < 1.29 is 4.79 Å². The number of carbonyl (C=O) groups excluding carboxylic acids is 1. The minimum atomic E-state index is -0.362. The molecule has 0 saturated heterocycles.